The van der Waals surface area contributed by atoms with E-state index in [1.165, 1.54) is 0 Å². The van der Waals surface area contributed by atoms with Crippen LogP contribution in [-0.2, 0) is 18.5 Å². The minimum atomic E-state index is -0.304. The molecule has 3 rings (SSSR count). The van der Waals surface area contributed by atoms with Gasteiger partial charge in [-0.15, -0.1) is 0 Å². The first kappa shape index (κ1) is 38.7. The molecule has 0 saturated carbocycles. The molecule has 0 saturated heterocycles. The van der Waals surface area contributed by atoms with Gasteiger partial charge in [-0.25, -0.2) is 9.78 Å². The van der Waals surface area contributed by atoms with E-state index in [-0.39, 0.29) is 28.5 Å². The monoisotopic (exact) mass is 650 g/mol. The highest BCUT2D eigenvalue weighted by Gasteiger charge is 2.18. The molecule has 0 unspecified atom stereocenters. The van der Waals surface area contributed by atoms with Crippen molar-refractivity contribution < 1.29 is 9.53 Å². The lowest BCUT2D eigenvalue weighted by atomic mass is 9.95. The lowest BCUT2D eigenvalue weighted by Crippen LogP contribution is -2.43. The number of nitrogens with one attached hydrogen (secondary N) is 4. The minimum Gasteiger partial charge on any atom is -0.491 e. The molecule has 1 heterocycles. The number of aliphatic imine (C=N–C) groups is 1. The molecule has 258 valence electrons. The van der Waals surface area contributed by atoms with Gasteiger partial charge >= 0.3 is 6.03 Å². The molecule has 0 fully saturated rings. The van der Waals surface area contributed by atoms with Crippen LogP contribution in [0.25, 0.3) is 11.1 Å². The van der Waals surface area contributed by atoms with Gasteiger partial charge in [-0.1, -0.05) is 51.1 Å². The maximum Gasteiger partial charge on any atom is 0.319 e. The molecule has 13 heteroatoms. The van der Waals surface area contributed by atoms with Crippen molar-refractivity contribution in [3.63, 3.8) is 0 Å². The van der Waals surface area contributed by atoms with Gasteiger partial charge in [-0.2, -0.15) is 0 Å². The number of hydrogen-bond donors (Lipinski definition) is 8. The van der Waals surface area contributed by atoms with Crippen molar-refractivity contribution in [2.75, 3.05) is 31.6 Å². The van der Waals surface area contributed by atoms with E-state index in [2.05, 4.69) is 30.9 Å². The zero-order chi connectivity index (χ0) is 35.0. The van der Waals surface area contributed by atoms with Crippen LogP contribution < -0.4 is 49.2 Å². The Morgan fingerprint density at radius 2 is 1.66 bits per heavy atom. The first-order valence-electron chi connectivity index (χ1n) is 15.8. The van der Waals surface area contributed by atoms with Crippen LogP contribution in [0.3, 0.4) is 0 Å². The lowest BCUT2D eigenvalue weighted by molar-refractivity contribution is 0.243. The maximum absolute atomic E-state index is 12.4. The molecule has 0 atom stereocenters. The number of nitrogens with zero attached hydrogens (tertiary/aromatic N) is 2. The summed E-state index contributed by atoms with van der Waals surface area (Å²) < 4.78 is 5.67. The fourth-order valence-electron chi connectivity index (χ4n) is 4.10. The largest absolute Gasteiger partial charge is 0.491 e. The summed E-state index contributed by atoms with van der Waals surface area (Å²) in [5, 5.41) is 8.98. The average molecular weight is 651 g/mol. The van der Waals surface area contributed by atoms with Gasteiger partial charge in [-0.3, -0.25) is 9.79 Å². The fraction of sp³-hybridized carbons (Fsp3) is 0.471. The number of urea groups is 1. The third-order valence-corrected chi connectivity index (χ3v) is 6.53. The van der Waals surface area contributed by atoms with E-state index in [1.54, 1.807) is 12.3 Å². The second kappa shape index (κ2) is 18.6. The van der Waals surface area contributed by atoms with E-state index >= 15 is 0 Å². The zero-order valence-corrected chi connectivity index (χ0v) is 28.7. The first-order chi connectivity index (χ1) is 22.1. The summed E-state index contributed by atoms with van der Waals surface area (Å²) in [4.78, 5) is 35.5. The third kappa shape index (κ3) is 14.7. The van der Waals surface area contributed by atoms with Gasteiger partial charge in [0.1, 0.15) is 11.6 Å². The molecule has 0 aliphatic rings. The number of benzene rings is 2. The van der Waals surface area contributed by atoms with Crippen molar-refractivity contribution in [2.45, 2.75) is 78.4 Å². The van der Waals surface area contributed by atoms with E-state index in [4.69, 9.17) is 27.7 Å². The van der Waals surface area contributed by atoms with Gasteiger partial charge < -0.3 is 48.6 Å². The molecule has 3 aromatic rings. The molecule has 2 aromatic carbocycles. The normalized spacial score (nSPS) is 11.2. The number of carbonyl (C=O) groups excluding carboxylic acids is 1. The minimum absolute atomic E-state index is 0.115. The predicted molar refractivity (Wildman–Crippen MR) is 191 cm³/mol. The molecule has 1 aromatic heterocycles. The summed E-state index contributed by atoms with van der Waals surface area (Å²) in [6, 6.07) is 13.1. The maximum atomic E-state index is 12.4. The topological polar surface area (TPSA) is 225 Å². The molecule has 0 spiro atoms. The number of aromatic amines is 1. The average Bonchev–Trinajstić information content (AvgIpc) is 2.99. The molecule has 12 N–H and O–H groups in total. The van der Waals surface area contributed by atoms with Crippen LogP contribution in [0, 0.1) is 0 Å². The Balaban J connectivity index is 0.000000335. The van der Waals surface area contributed by atoms with Crippen LogP contribution >= 0.6 is 0 Å². The molecule has 47 heavy (non-hydrogen) atoms. The number of amides is 2. The summed E-state index contributed by atoms with van der Waals surface area (Å²) in [5.41, 5.74) is 25.2. The van der Waals surface area contributed by atoms with Gasteiger partial charge in [0.2, 0.25) is 0 Å². The lowest BCUT2D eigenvalue weighted by Gasteiger charge is -2.21. The van der Waals surface area contributed by atoms with Crippen LogP contribution in [0.15, 0.2) is 58.4 Å². The van der Waals surface area contributed by atoms with E-state index < -0.39 is 0 Å². The Hall–Kier alpha value is -4.46. The number of hydrogen-bond acceptors (Lipinski definition) is 8. The van der Waals surface area contributed by atoms with Gasteiger partial charge in [0.25, 0.3) is 5.56 Å². The van der Waals surface area contributed by atoms with E-state index in [9.17, 15) is 9.59 Å². The molecular formula is C34H54N10O3. The highest BCUT2D eigenvalue weighted by atomic mass is 16.5. The van der Waals surface area contributed by atoms with Crippen LogP contribution in [0.4, 0.5) is 10.5 Å². The summed E-state index contributed by atoms with van der Waals surface area (Å²) in [6.07, 6.45) is 3.27. The van der Waals surface area contributed by atoms with Crippen LogP contribution in [-0.4, -0.2) is 53.7 Å². The molecule has 0 aliphatic heterocycles. The van der Waals surface area contributed by atoms with Crippen molar-refractivity contribution in [3.8, 4) is 16.9 Å². The van der Waals surface area contributed by atoms with E-state index in [0.29, 0.717) is 49.1 Å². The summed E-state index contributed by atoms with van der Waals surface area (Å²) in [6.45, 7) is 15.5. The number of anilines is 1. The molecule has 0 bridgehead atoms. The third-order valence-electron chi connectivity index (χ3n) is 6.53. The molecular weight excluding hydrogens is 596 g/mol. The number of rotatable bonds is 13. The Morgan fingerprint density at radius 3 is 2.23 bits per heavy atom. The highest BCUT2D eigenvalue weighted by Crippen LogP contribution is 2.26. The van der Waals surface area contributed by atoms with Crippen LogP contribution in [0.2, 0.25) is 0 Å². The number of carbonyl (C=O) groups is 1. The van der Waals surface area contributed by atoms with Crippen LogP contribution in [0.5, 0.6) is 5.75 Å². The Bertz CT molecular complexity index is 1490. The second-order valence-corrected chi connectivity index (χ2v) is 13.1. The molecule has 2 amide bonds. The van der Waals surface area contributed by atoms with E-state index in [0.717, 1.165) is 42.6 Å². The highest BCUT2D eigenvalue weighted by molar-refractivity contribution is 5.91. The Morgan fingerprint density at radius 1 is 0.979 bits per heavy atom. The molecule has 13 nitrogen and oxygen atoms in total. The van der Waals surface area contributed by atoms with E-state index in [1.807, 2.05) is 77.9 Å². The Kier molecular flexibility index (Phi) is 15.3. The Labute approximate surface area is 278 Å². The van der Waals surface area contributed by atoms with Gasteiger partial charge in [0.05, 0.1) is 17.9 Å². The smallest absolute Gasteiger partial charge is 0.319 e. The molecule has 0 radical (unpaired) electrons. The number of aromatic nitrogens is 2. The standard InChI is InChI=1S/C19H28N6O.C15H26N4O2/c1-19(2,3)17-24-12-15(16(26)25-17)14-7-5-13(6-8-14)11-22-9-4-10-23-18(20)21;1-15(2,3)19-14(20)18-12-6-5-11(10-17)9-13(12)21-8-4-7-16/h5-8,12,22H,4,9-11H2,1-3H3,(H4,20,21,23)(H,24,25,26);5-6,9H,4,7-8,10,16-17H2,1-3H3,(H2,18,19,20). The first-order valence-corrected chi connectivity index (χ1v) is 15.8. The van der Waals surface area contributed by atoms with Crippen molar-refractivity contribution in [1.82, 2.24) is 20.6 Å². The van der Waals surface area contributed by atoms with Crippen molar-refractivity contribution in [3.05, 3.63) is 76.0 Å². The number of ether oxygens (including phenoxy) is 1. The zero-order valence-electron chi connectivity index (χ0n) is 28.7. The van der Waals surface area contributed by atoms with Crippen molar-refractivity contribution >= 4 is 17.7 Å². The van der Waals surface area contributed by atoms with Crippen molar-refractivity contribution in [2.24, 2.45) is 27.9 Å². The number of guanidine groups is 1. The van der Waals surface area contributed by atoms with Gasteiger partial charge in [-0.05, 0) is 75.5 Å². The van der Waals surface area contributed by atoms with Gasteiger partial charge in [0.15, 0.2) is 5.96 Å². The SMILES string of the molecule is CC(C)(C)NC(=O)Nc1ccc(CN)cc1OCCCN.CC(C)(C)c1ncc(-c2ccc(CNCCCN=C(N)N)cc2)c(=O)[nH]1. The van der Waals surface area contributed by atoms with Crippen molar-refractivity contribution in [1.29, 1.82) is 0 Å². The number of H-pyrrole nitrogens is 1. The fourth-order valence-corrected chi connectivity index (χ4v) is 4.10. The van der Waals surface area contributed by atoms with Crippen LogP contribution in [0.1, 0.15) is 71.3 Å². The quantitative estimate of drug-likeness (QED) is 0.0771. The molecule has 0 aliphatic carbocycles. The number of nitrogens with two attached hydrogens (primary N) is 4. The summed E-state index contributed by atoms with van der Waals surface area (Å²) in [7, 11) is 0. The van der Waals surface area contributed by atoms with Gasteiger partial charge in [0, 0.05) is 36.8 Å². The summed E-state index contributed by atoms with van der Waals surface area (Å²) in [5.74, 6) is 1.42. The predicted octanol–water partition coefficient (Wildman–Crippen LogP) is 3.28. The summed E-state index contributed by atoms with van der Waals surface area (Å²) >= 11 is 0. The second-order valence-electron chi connectivity index (χ2n) is 13.1.